The predicted octanol–water partition coefficient (Wildman–Crippen LogP) is 3.24. The summed E-state index contributed by atoms with van der Waals surface area (Å²) >= 11 is 6.54. The summed E-state index contributed by atoms with van der Waals surface area (Å²) < 4.78 is 0. The van der Waals surface area contributed by atoms with Crippen LogP contribution in [0.3, 0.4) is 0 Å². The number of hydrogen-bond acceptors (Lipinski definition) is 3. The van der Waals surface area contributed by atoms with Gasteiger partial charge in [0, 0.05) is 43.2 Å². The summed E-state index contributed by atoms with van der Waals surface area (Å²) in [6, 6.07) is 10.9. The Morgan fingerprint density at radius 1 is 1.19 bits per heavy atom. The summed E-state index contributed by atoms with van der Waals surface area (Å²) in [5.41, 5.74) is 2.21. The molecule has 21 heavy (non-hydrogen) atoms. The van der Waals surface area contributed by atoms with Gasteiger partial charge in [-0.25, -0.2) is 4.98 Å². The molecule has 110 valence electrons. The Labute approximate surface area is 130 Å². The van der Waals surface area contributed by atoms with Gasteiger partial charge in [-0.3, -0.25) is 4.90 Å². The number of para-hydroxylation sites is 1. The molecule has 1 saturated heterocycles. The first-order valence-electron chi connectivity index (χ1n) is 7.83. The maximum absolute atomic E-state index is 6.54. The van der Waals surface area contributed by atoms with Crippen LogP contribution in [0.2, 0.25) is 5.15 Å². The number of nitrogens with zero attached hydrogens (tertiary/aromatic N) is 2. The van der Waals surface area contributed by atoms with E-state index in [-0.39, 0.29) is 0 Å². The van der Waals surface area contributed by atoms with Gasteiger partial charge in [-0.2, -0.15) is 0 Å². The van der Waals surface area contributed by atoms with Crippen molar-refractivity contribution in [2.24, 2.45) is 5.92 Å². The Bertz CT molecular complexity index is 648. The largest absolute Gasteiger partial charge is 0.314 e. The number of aromatic nitrogens is 1. The second-order valence-corrected chi connectivity index (χ2v) is 6.49. The lowest BCUT2D eigenvalue weighted by Crippen LogP contribution is -2.45. The number of hydrogen-bond donors (Lipinski definition) is 1. The van der Waals surface area contributed by atoms with E-state index in [1.54, 1.807) is 0 Å². The summed E-state index contributed by atoms with van der Waals surface area (Å²) in [4.78, 5) is 7.21. The van der Waals surface area contributed by atoms with E-state index in [9.17, 15) is 0 Å². The highest BCUT2D eigenvalue weighted by Gasteiger charge is 2.38. The van der Waals surface area contributed by atoms with Crippen LogP contribution in [0.15, 0.2) is 30.3 Å². The molecule has 1 atom stereocenters. The zero-order valence-electron chi connectivity index (χ0n) is 12.1. The fourth-order valence-electron chi connectivity index (χ4n) is 3.44. The summed E-state index contributed by atoms with van der Waals surface area (Å²) in [6.45, 7) is 4.35. The van der Waals surface area contributed by atoms with Crippen LogP contribution in [0.5, 0.6) is 0 Å². The molecule has 4 rings (SSSR count). The zero-order valence-corrected chi connectivity index (χ0v) is 12.8. The van der Waals surface area contributed by atoms with Crippen molar-refractivity contribution in [1.82, 2.24) is 15.2 Å². The van der Waals surface area contributed by atoms with Gasteiger partial charge in [-0.05, 0) is 30.9 Å². The molecule has 1 aliphatic heterocycles. The minimum Gasteiger partial charge on any atom is -0.314 e. The molecular formula is C17H20ClN3. The number of rotatable bonds is 3. The van der Waals surface area contributed by atoms with E-state index in [0.29, 0.717) is 11.2 Å². The van der Waals surface area contributed by atoms with Crippen molar-refractivity contribution in [2.75, 3.05) is 26.2 Å². The molecular weight excluding hydrogens is 282 g/mol. The van der Waals surface area contributed by atoms with Gasteiger partial charge in [0.1, 0.15) is 5.15 Å². The molecule has 2 aliphatic rings. The first-order chi connectivity index (χ1) is 10.3. The van der Waals surface area contributed by atoms with Gasteiger partial charge in [0.25, 0.3) is 0 Å². The fourth-order valence-corrected chi connectivity index (χ4v) is 3.69. The van der Waals surface area contributed by atoms with Crippen molar-refractivity contribution < 1.29 is 0 Å². The van der Waals surface area contributed by atoms with Crippen LogP contribution in [0.25, 0.3) is 10.9 Å². The van der Waals surface area contributed by atoms with Gasteiger partial charge >= 0.3 is 0 Å². The zero-order chi connectivity index (χ0) is 14.2. The van der Waals surface area contributed by atoms with Crippen molar-refractivity contribution in [1.29, 1.82) is 0 Å². The van der Waals surface area contributed by atoms with E-state index >= 15 is 0 Å². The maximum Gasteiger partial charge on any atom is 0.134 e. The van der Waals surface area contributed by atoms with Gasteiger partial charge < -0.3 is 5.32 Å². The number of benzene rings is 1. The van der Waals surface area contributed by atoms with Gasteiger partial charge in [0.15, 0.2) is 0 Å². The van der Waals surface area contributed by atoms with Crippen molar-refractivity contribution in [3.8, 4) is 0 Å². The third-order valence-corrected chi connectivity index (χ3v) is 4.94. The third kappa shape index (κ3) is 2.66. The molecule has 1 aromatic heterocycles. The monoisotopic (exact) mass is 301 g/mol. The molecule has 0 spiro atoms. The van der Waals surface area contributed by atoms with Gasteiger partial charge in [0.05, 0.1) is 5.52 Å². The van der Waals surface area contributed by atoms with Crippen molar-refractivity contribution in [3.05, 3.63) is 41.0 Å². The van der Waals surface area contributed by atoms with Crippen molar-refractivity contribution in [3.63, 3.8) is 0 Å². The van der Waals surface area contributed by atoms with Gasteiger partial charge in [-0.15, -0.1) is 0 Å². The SMILES string of the molecule is Clc1nc2ccccc2cc1[C@@H](C1CC1)N1CCNCC1. The topological polar surface area (TPSA) is 28.2 Å². The van der Waals surface area contributed by atoms with E-state index in [2.05, 4.69) is 33.4 Å². The van der Waals surface area contributed by atoms with E-state index < -0.39 is 0 Å². The molecule has 3 nitrogen and oxygen atoms in total. The molecule has 0 radical (unpaired) electrons. The summed E-state index contributed by atoms with van der Waals surface area (Å²) in [7, 11) is 0. The van der Waals surface area contributed by atoms with E-state index in [0.717, 1.165) is 37.6 Å². The maximum atomic E-state index is 6.54. The van der Waals surface area contributed by atoms with Gasteiger partial charge in [-0.1, -0.05) is 29.8 Å². The summed E-state index contributed by atoms with van der Waals surface area (Å²) in [6.07, 6.45) is 2.63. The standard InChI is InChI=1S/C17H20ClN3/c18-17-14(11-13-3-1-2-4-15(13)20-17)16(12-5-6-12)21-9-7-19-8-10-21/h1-4,11-12,16,19H,5-10H2/t16-/m1/s1. The second kappa shape index (κ2) is 5.56. The minimum atomic E-state index is 0.441. The number of fused-ring (bicyclic) bond motifs is 1. The lowest BCUT2D eigenvalue weighted by Gasteiger charge is -2.35. The van der Waals surface area contributed by atoms with Crippen LogP contribution in [0.4, 0.5) is 0 Å². The third-order valence-electron chi connectivity index (χ3n) is 4.64. The van der Waals surface area contributed by atoms with Crippen LogP contribution in [-0.4, -0.2) is 36.1 Å². The quantitative estimate of drug-likeness (QED) is 0.882. The van der Waals surface area contributed by atoms with E-state index in [1.165, 1.54) is 23.8 Å². The normalized spacial score (nSPS) is 21.6. The van der Waals surface area contributed by atoms with Crippen molar-refractivity contribution >= 4 is 22.5 Å². The lowest BCUT2D eigenvalue weighted by atomic mass is 9.99. The molecule has 0 unspecified atom stereocenters. The molecule has 2 aromatic rings. The molecule has 2 heterocycles. The first kappa shape index (κ1) is 13.5. The summed E-state index contributed by atoms with van der Waals surface area (Å²) in [5, 5.41) is 5.31. The summed E-state index contributed by atoms with van der Waals surface area (Å²) in [5.74, 6) is 0.753. The Kier molecular flexibility index (Phi) is 3.57. The van der Waals surface area contributed by atoms with Gasteiger partial charge in [0.2, 0.25) is 0 Å². The minimum absolute atomic E-state index is 0.441. The number of nitrogens with one attached hydrogen (secondary N) is 1. The highest BCUT2D eigenvalue weighted by Crippen LogP contribution is 2.46. The highest BCUT2D eigenvalue weighted by atomic mass is 35.5. The average Bonchev–Trinajstić information content (AvgIpc) is 3.34. The number of pyridine rings is 1. The molecule has 0 bridgehead atoms. The highest BCUT2D eigenvalue weighted by molar-refractivity contribution is 6.30. The Morgan fingerprint density at radius 2 is 1.95 bits per heavy atom. The molecule has 1 aliphatic carbocycles. The number of piperazine rings is 1. The predicted molar refractivity (Wildman–Crippen MR) is 86.7 cm³/mol. The van der Waals surface area contributed by atoms with Crippen LogP contribution in [0.1, 0.15) is 24.4 Å². The lowest BCUT2D eigenvalue weighted by molar-refractivity contribution is 0.156. The molecule has 1 saturated carbocycles. The molecule has 1 N–H and O–H groups in total. The Balaban J connectivity index is 1.76. The van der Waals surface area contributed by atoms with Crippen LogP contribution < -0.4 is 5.32 Å². The van der Waals surface area contributed by atoms with Crippen LogP contribution >= 0.6 is 11.6 Å². The average molecular weight is 302 g/mol. The van der Waals surface area contributed by atoms with Crippen LogP contribution in [-0.2, 0) is 0 Å². The van der Waals surface area contributed by atoms with Crippen LogP contribution in [0, 0.1) is 5.92 Å². The Hall–Kier alpha value is -1.16. The van der Waals surface area contributed by atoms with E-state index in [1.807, 2.05) is 12.1 Å². The fraction of sp³-hybridized carbons (Fsp3) is 0.471. The van der Waals surface area contributed by atoms with E-state index in [4.69, 9.17) is 11.6 Å². The number of halogens is 1. The molecule has 1 aromatic carbocycles. The van der Waals surface area contributed by atoms with Crippen molar-refractivity contribution in [2.45, 2.75) is 18.9 Å². The first-order valence-corrected chi connectivity index (χ1v) is 8.21. The smallest absolute Gasteiger partial charge is 0.134 e. The Morgan fingerprint density at radius 3 is 2.71 bits per heavy atom. The molecule has 4 heteroatoms. The molecule has 2 fully saturated rings. The second-order valence-electron chi connectivity index (χ2n) is 6.13. The molecule has 0 amide bonds.